The summed E-state index contributed by atoms with van der Waals surface area (Å²) in [6, 6.07) is 18.8. The van der Waals surface area contributed by atoms with Gasteiger partial charge in [-0.05, 0) is 68.0 Å². The lowest BCUT2D eigenvalue weighted by Gasteiger charge is -2.22. The lowest BCUT2D eigenvalue weighted by molar-refractivity contribution is -0.138. The molecule has 0 spiro atoms. The number of fused-ring (bicyclic) bond motifs is 1. The molecular weight excluding hydrogens is 483 g/mol. The predicted molar refractivity (Wildman–Crippen MR) is 137 cm³/mol. The van der Waals surface area contributed by atoms with Gasteiger partial charge in [0.05, 0.1) is 12.7 Å². The summed E-state index contributed by atoms with van der Waals surface area (Å²) >= 11 is 0. The van der Waals surface area contributed by atoms with Crippen molar-refractivity contribution in [1.29, 1.82) is 0 Å². The monoisotopic (exact) mass is 513 g/mol. The van der Waals surface area contributed by atoms with E-state index in [0.717, 1.165) is 24.6 Å². The highest BCUT2D eigenvalue weighted by Gasteiger charge is 2.37. The van der Waals surface area contributed by atoms with Crippen LogP contribution in [0.1, 0.15) is 29.2 Å². The average molecular weight is 514 g/mol. The first-order valence-electron chi connectivity index (χ1n) is 12.0. The zero-order chi connectivity index (χ0) is 26.6. The van der Waals surface area contributed by atoms with Gasteiger partial charge in [-0.2, -0.15) is 13.2 Å². The summed E-state index contributed by atoms with van der Waals surface area (Å²) in [5.74, 6) is 0.405. The summed E-state index contributed by atoms with van der Waals surface area (Å²) < 4.78 is 51.7. The Morgan fingerprint density at radius 2 is 1.78 bits per heavy atom. The summed E-state index contributed by atoms with van der Waals surface area (Å²) in [5.41, 5.74) is 1.55. The fourth-order valence-electron chi connectivity index (χ4n) is 4.32. The van der Waals surface area contributed by atoms with E-state index in [4.69, 9.17) is 9.47 Å². The van der Waals surface area contributed by atoms with Gasteiger partial charge in [-0.15, -0.1) is 0 Å². The third-order valence-corrected chi connectivity index (χ3v) is 6.24. The molecule has 37 heavy (non-hydrogen) atoms. The Labute approximate surface area is 214 Å². The Bertz CT molecular complexity index is 1220. The number of urea groups is 1. The maximum absolute atomic E-state index is 13.5. The Morgan fingerprint density at radius 3 is 2.41 bits per heavy atom. The number of nitrogens with one attached hydrogen (secondary N) is 1. The number of halogens is 3. The highest BCUT2D eigenvalue weighted by molar-refractivity contribution is 6.03. The van der Waals surface area contributed by atoms with Gasteiger partial charge in [0.2, 0.25) is 0 Å². The van der Waals surface area contributed by atoms with E-state index in [1.165, 1.54) is 18.1 Å². The van der Waals surface area contributed by atoms with E-state index in [0.29, 0.717) is 23.4 Å². The Balaban J connectivity index is 1.46. The van der Waals surface area contributed by atoms with Crippen molar-refractivity contribution in [2.45, 2.75) is 25.1 Å². The molecular formula is C28H30F3N3O3. The van der Waals surface area contributed by atoms with Crippen LogP contribution in [-0.4, -0.2) is 45.2 Å². The van der Waals surface area contributed by atoms with Crippen LogP contribution in [0.25, 0.3) is 0 Å². The molecule has 6 nitrogen and oxygen atoms in total. The van der Waals surface area contributed by atoms with Gasteiger partial charge in [-0.25, -0.2) is 4.79 Å². The molecule has 0 fully saturated rings. The Kier molecular flexibility index (Phi) is 7.92. The number of anilines is 2. The molecule has 0 saturated heterocycles. The van der Waals surface area contributed by atoms with E-state index < -0.39 is 17.8 Å². The number of hydrogen-bond donors (Lipinski definition) is 1. The zero-order valence-electron chi connectivity index (χ0n) is 21.0. The molecule has 0 saturated carbocycles. The van der Waals surface area contributed by atoms with Crippen LogP contribution in [-0.2, 0) is 12.6 Å². The molecule has 0 aliphatic carbocycles. The second-order valence-electron chi connectivity index (χ2n) is 9.14. The Hall–Kier alpha value is -3.72. The fourth-order valence-corrected chi connectivity index (χ4v) is 4.32. The van der Waals surface area contributed by atoms with Crippen molar-refractivity contribution in [2.75, 3.05) is 44.5 Å². The number of alkyl halides is 3. The topological polar surface area (TPSA) is 54.0 Å². The van der Waals surface area contributed by atoms with Gasteiger partial charge in [0.25, 0.3) is 0 Å². The van der Waals surface area contributed by atoms with Crippen molar-refractivity contribution in [2.24, 2.45) is 0 Å². The molecule has 1 aliphatic rings. The third kappa shape index (κ3) is 6.35. The van der Waals surface area contributed by atoms with Crippen LogP contribution in [0.15, 0.2) is 66.7 Å². The standard InChI is InChI=1S/C28H30F3N3O3/c1-33(2)15-14-25(19-7-5-4-6-8-19)37-22-11-9-21(10-12-22)32-27(35)34-16-13-20-17-26(36-3)23(18-24(20)34)28(29,30)31/h4-12,17-18,25H,13-16H2,1-3H3,(H,32,35). The van der Waals surface area contributed by atoms with Gasteiger partial charge in [-0.1, -0.05) is 30.3 Å². The highest BCUT2D eigenvalue weighted by Crippen LogP contribution is 2.42. The summed E-state index contributed by atoms with van der Waals surface area (Å²) in [5, 5.41) is 2.78. The van der Waals surface area contributed by atoms with E-state index in [9.17, 15) is 18.0 Å². The number of amides is 2. The highest BCUT2D eigenvalue weighted by atomic mass is 19.4. The third-order valence-electron chi connectivity index (χ3n) is 6.24. The van der Waals surface area contributed by atoms with Gasteiger partial charge >= 0.3 is 12.2 Å². The molecule has 0 aromatic heterocycles. The van der Waals surface area contributed by atoms with Crippen LogP contribution in [0.4, 0.5) is 29.3 Å². The number of carbonyl (C=O) groups excluding carboxylic acids is 1. The molecule has 0 radical (unpaired) electrons. The molecule has 9 heteroatoms. The molecule has 4 rings (SSSR count). The van der Waals surface area contributed by atoms with Crippen LogP contribution in [0, 0.1) is 0 Å². The first-order chi connectivity index (χ1) is 17.7. The Morgan fingerprint density at radius 1 is 1.08 bits per heavy atom. The lowest BCUT2D eigenvalue weighted by atomic mass is 10.1. The number of benzene rings is 3. The number of carbonyl (C=O) groups is 1. The van der Waals surface area contributed by atoms with Gasteiger partial charge in [-0.3, -0.25) is 4.90 Å². The first-order valence-corrected chi connectivity index (χ1v) is 12.0. The predicted octanol–water partition coefficient (Wildman–Crippen LogP) is 6.38. The van der Waals surface area contributed by atoms with E-state index in [-0.39, 0.29) is 24.1 Å². The number of hydrogen-bond acceptors (Lipinski definition) is 4. The van der Waals surface area contributed by atoms with Crippen LogP contribution >= 0.6 is 0 Å². The van der Waals surface area contributed by atoms with Crippen LogP contribution in [0.2, 0.25) is 0 Å². The zero-order valence-corrected chi connectivity index (χ0v) is 21.0. The molecule has 0 bridgehead atoms. The quantitative estimate of drug-likeness (QED) is 0.380. The van der Waals surface area contributed by atoms with E-state index in [1.54, 1.807) is 24.3 Å². The first kappa shape index (κ1) is 26.3. The van der Waals surface area contributed by atoms with Crippen LogP contribution < -0.4 is 19.7 Å². The van der Waals surface area contributed by atoms with E-state index in [2.05, 4.69) is 10.2 Å². The van der Waals surface area contributed by atoms with Crippen molar-refractivity contribution in [3.05, 3.63) is 83.4 Å². The molecule has 2 amide bonds. The summed E-state index contributed by atoms with van der Waals surface area (Å²) in [7, 11) is 5.23. The normalized spacial score (nSPS) is 13.9. The number of methoxy groups -OCH3 is 1. The van der Waals surface area contributed by atoms with Gasteiger partial charge in [0.15, 0.2) is 0 Å². The van der Waals surface area contributed by atoms with E-state index >= 15 is 0 Å². The average Bonchev–Trinajstić information content (AvgIpc) is 3.30. The van der Waals surface area contributed by atoms with Crippen molar-refractivity contribution in [3.8, 4) is 11.5 Å². The smallest absolute Gasteiger partial charge is 0.420 e. The minimum Gasteiger partial charge on any atom is -0.496 e. The van der Waals surface area contributed by atoms with E-state index in [1.807, 2.05) is 44.4 Å². The molecule has 196 valence electrons. The SMILES string of the molecule is COc1cc2c(cc1C(F)(F)F)N(C(=O)Nc1ccc(OC(CCN(C)C)c3ccccc3)cc1)CC2. The second kappa shape index (κ2) is 11.1. The van der Waals surface area contributed by atoms with Crippen molar-refractivity contribution in [1.82, 2.24) is 4.90 Å². The van der Waals surface area contributed by atoms with Crippen molar-refractivity contribution in [3.63, 3.8) is 0 Å². The molecule has 3 aromatic rings. The maximum Gasteiger partial charge on any atom is 0.420 e. The van der Waals surface area contributed by atoms with Crippen LogP contribution in [0.3, 0.4) is 0 Å². The number of nitrogens with zero attached hydrogens (tertiary/aromatic N) is 2. The molecule has 1 atom stereocenters. The second-order valence-corrected chi connectivity index (χ2v) is 9.14. The van der Waals surface area contributed by atoms with Gasteiger partial charge < -0.3 is 19.7 Å². The lowest BCUT2D eigenvalue weighted by Crippen LogP contribution is -2.33. The van der Waals surface area contributed by atoms with Gasteiger partial charge in [0, 0.05) is 30.9 Å². The minimum atomic E-state index is -4.59. The number of rotatable bonds is 8. The van der Waals surface area contributed by atoms with Crippen molar-refractivity contribution < 1.29 is 27.4 Å². The van der Waals surface area contributed by atoms with Gasteiger partial charge in [0.1, 0.15) is 17.6 Å². The van der Waals surface area contributed by atoms with Crippen molar-refractivity contribution >= 4 is 17.4 Å². The maximum atomic E-state index is 13.5. The molecule has 1 aliphatic heterocycles. The fraction of sp³-hybridized carbons (Fsp3) is 0.321. The summed E-state index contributed by atoms with van der Waals surface area (Å²) in [6.07, 6.45) is -3.48. The molecule has 1 N–H and O–H groups in total. The molecule has 1 unspecified atom stereocenters. The summed E-state index contributed by atoms with van der Waals surface area (Å²) in [4.78, 5) is 16.4. The number of ether oxygens (including phenoxy) is 2. The largest absolute Gasteiger partial charge is 0.496 e. The minimum absolute atomic E-state index is 0.134. The van der Waals surface area contributed by atoms with Crippen LogP contribution in [0.5, 0.6) is 11.5 Å². The molecule has 1 heterocycles. The molecule has 3 aromatic carbocycles. The summed E-state index contributed by atoms with van der Waals surface area (Å²) in [6.45, 7) is 1.13.